The molecular formula is C30H24N4O5. The van der Waals surface area contributed by atoms with Crippen LogP contribution in [0, 0.1) is 6.92 Å². The number of aromatic hydroxyl groups is 2. The highest BCUT2D eigenvalue weighted by atomic mass is 16.5. The van der Waals surface area contributed by atoms with Crippen LogP contribution in [0.15, 0.2) is 88.3 Å². The standard InChI is InChI=1S/C30H24N4O5/c1-17-13-23(36)27(37)28(39-17)26-25(19-10-11-22(35)24(14-19)38-2)32-29(33-26)21-16-34(15-18-7-4-3-5-8-18)30-20(21)9-6-12-31-30/h3-14,16,35,37H,15H2,1-2H3,(H,32,33). The minimum absolute atomic E-state index is 0.0291. The average Bonchev–Trinajstić information content (AvgIpc) is 3.54. The van der Waals surface area contributed by atoms with Crippen molar-refractivity contribution in [2.75, 3.05) is 7.11 Å². The lowest BCUT2D eigenvalue weighted by Crippen LogP contribution is -2.01. The third-order valence-electron chi connectivity index (χ3n) is 6.51. The number of hydrogen-bond donors (Lipinski definition) is 3. The number of phenols is 1. The summed E-state index contributed by atoms with van der Waals surface area (Å²) >= 11 is 0. The third-order valence-corrected chi connectivity index (χ3v) is 6.51. The number of aryl methyl sites for hydroxylation is 1. The number of H-pyrrole nitrogens is 1. The van der Waals surface area contributed by atoms with Crippen molar-refractivity contribution in [1.29, 1.82) is 0 Å². The molecule has 0 radical (unpaired) electrons. The Labute approximate surface area is 222 Å². The molecule has 6 rings (SSSR count). The molecule has 0 atom stereocenters. The Morgan fingerprint density at radius 1 is 1.05 bits per heavy atom. The van der Waals surface area contributed by atoms with Gasteiger partial charge >= 0.3 is 0 Å². The van der Waals surface area contributed by atoms with Gasteiger partial charge in [0.2, 0.25) is 11.2 Å². The molecule has 0 amide bonds. The number of aromatic amines is 1. The van der Waals surface area contributed by atoms with Crippen LogP contribution < -0.4 is 10.2 Å². The highest BCUT2D eigenvalue weighted by Crippen LogP contribution is 2.40. The zero-order chi connectivity index (χ0) is 27.1. The van der Waals surface area contributed by atoms with Crippen molar-refractivity contribution < 1.29 is 19.4 Å². The molecule has 0 aliphatic rings. The molecule has 4 heterocycles. The van der Waals surface area contributed by atoms with Crippen molar-refractivity contribution in [3.05, 3.63) is 101 Å². The van der Waals surface area contributed by atoms with Gasteiger partial charge in [-0.15, -0.1) is 0 Å². The summed E-state index contributed by atoms with van der Waals surface area (Å²) in [5.74, 6) is 0.477. The summed E-state index contributed by atoms with van der Waals surface area (Å²) in [7, 11) is 1.45. The molecule has 0 saturated heterocycles. The van der Waals surface area contributed by atoms with Crippen molar-refractivity contribution in [2.24, 2.45) is 0 Å². The molecule has 0 aliphatic carbocycles. The first-order valence-electron chi connectivity index (χ1n) is 12.2. The van der Waals surface area contributed by atoms with Crippen molar-refractivity contribution in [1.82, 2.24) is 19.5 Å². The van der Waals surface area contributed by atoms with Gasteiger partial charge in [0, 0.05) is 41.5 Å². The predicted octanol–water partition coefficient (Wildman–Crippen LogP) is 5.49. The number of imidazole rings is 1. The van der Waals surface area contributed by atoms with Gasteiger partial charge in [-0.3, -0.25) is 4.79 Å². The van der Waals surface area contributed by atoms with Crippen molar-refractivity contribution >= 4 is 11.0 Å². The number of nitrogens with one attached hydrogen (secondary N) is 1. The Morgan fingerprint density at radius 3 is 2.67 bits per heavy atom. The molecule has 0 saturated carbocycles. The lowest BCUT2D eigenvalue weighted by molar-refractivity contribution is 0.373. The summed E-state index contributed by atoms with van der Waals surface area (Å²) in [6.07, 6.45) is 3.72. The van der Waals surface area contributed by atoms with Gasteiger partial charge in [-0.25, -0.2) is 9.97 Å². The van der Waals surface area contributed by atoms with Crippen LogP contribution in [-0.2, 0) is 6.54 Å². The largest absolute Gasteiger partial charge is 0.504 e. The van der Waals surface area contributed by atoms with Crippen LogP contribution in [0.5, 0.6) is 17.2 Å². The third kappa shape index (κ3) is 4.29. The Balaban J connectivity index is 1.58. The van der Waals surface area contributed by atoms with E-state index in [1.165, 1.54) is 19.2 Å². The second-order valence-electron chi connectivity index (χ2n) is 9.13. The van der Waals surface area contributed by atoms with E-state index >= 15 is 0 Å². The van der Waals surface area contributed by atoms with Gasteiger partial charge in [-0.1, -0.05) is 30.3 Å². The maximum absolute atomic E-state index is 12.4. The first-order valence-corrected chi connectivity index (χ1v) is 12.2. The molecule has 0 unspecified atom stereocenters. The van der Waals surface area contributed by atoms with Crippen LogP contribution in [0.4, 0.5) is 0 Å². The van der Waals surface area contributed by atoms with Gasteiger partial charge in [-0.05, 0) is 42.8 Å². The molecule has 4 aromatic heterocycles. The molecule has 3 N–H and O–H groups in total. The van der Waals surface area contributed by atoms with E-state index in [0.29, 0.717) is 35.1 Å². The van der Waals surface area contributed by atoms with E-state index < -0.39 is 11.2 Å². The van der Waals surface area contributed by atoms with Gasteiger partial charge in [-0.2, -0.15) is 0 Å². The predicted molar refractivity (Wildman–Crippen MR) is 147 cm³/mol. The monoisotopic (exact) mass is 520 g/mol. The zero-order valence-corrected chi connectivity index (χ0v) is 21.2. The molecule has 6 aromatic rings. The molecule has 194 valence electrons. The van der Waals surface area contributed by atoms with Gasteiger partial charge < -0.3 is 28.9 Å². The molecule has 0 fully saturated rings. The van der Waals surface area contributed by atoms with E-state index in [1.807, 2.05) is 36.5 Å². The van der Waals surface area contributed by atoms with E-state index in [4.69, 9.17) is 14.1 Å². The lowest BCUT2D eigenvalue weighted by Gasteiger charge is -2.08. The Kier molecular flexibility index (Phi) is 5.88. The minimum atomic E-state index is -0.567. The van der Waals surface area contributed by atoms with E-state index in [2.05, 4.69) is 26.7 Å². The van der Waals surface area contributed by atoms with Gasteiger partial charge in [0.15, 0.2) is 17.3 Å². The van der Waals surface area contributed by atoms with Gasteiger partial charge in [0.25, 0.3) is 0 Å². The first kappa shape index (κ1) is 24.1. The number of ether oxygens (including phenoxy) is 1. The van der Waals surface area contributed by atoms with Crippen LogP contribution in [0.1, 0.15) is 11.3 Å². The quantitative estimate of drug-likeness (QED) is 0.265. The number of phenolic OH excluding ortho intramolecular Hbond substituents is 1. The molecule has 0 aliphatic heterocycles. The fraction of sp³-hybridized carbons (Fsp3) is 0.100. The highest BCUT2D eigenvalue weighted by Gasteiger charge is 2.24. The SMILES string of the molecule is COc1cc(-c2nc(-c3cn(Cc4ccccc4)c4ncccc34)[nH]c2-c2oc(C)cc(=O)c2O)ccc1O. The summed E-state index contributed by atoms with van der Waals surface area (Å²) < 4.78 is 13.2. The van der Waals surface area contributed by atoms with E-state index in [-0.39, 0.29) is 17.3 Å². The minimum Gasteiger partial charge on any atom is -0.504 e. The Bertz CT molecular complexity index is 1890. The molecule has 39 heavy (non-hydrogen) atoms. The summed E-state index contributed by atoms with van der Waals surface area (Å²) in [6.45, 7) is 2.24. The van der Waals surface area contributed by atoms with Crippen LogP contribution in [0.2, 0.25) is 0 Å². The molecule has 9 nitrogen and oxygen atoms in total. The highest BCUT2D eigenvalue weighted by molar-refractivity contribution is 5.94. The maximum atomic E-state index is 12.4. The normalized spacial score (nSPS) is 11.2. The van der Waals surface area contributed by atoms with E-state index in [9.17, 15) is 15.0 Å². The molecule has 2 aromatic carbocycles. The molecular weight excluding hydrogens is 496 g/mol. The number of pyridine rings is 1. The van der Waals surface area contributed by atoms with Crippen LogP contribution >= 0.6 is 0 Å². The van der Waals surface area contributed by atoms with E-state index in [1.54, 1.807) is 25.3 Å². The molecule has 9 heteroatoms. The summed E-state index contributed by atoms with van der Waals surface area (Å²) in [6, 6.07) is 19.9. The Hall–Kier alpha value is -5.31. The molecule has 0 bridgehead atoms. The maximum Gasteiger partial charge on any atom is 0.227 e. The number of fused-ring (bicyclic) bond motifs is 1. The average molecular weight is 521 g/mol. The van der Waals surface area contributed by atoms with Crippen LogP contribution in [-0.4, -0.2) is 36.8 Å². The number of nitrogens with zero attached hydrogens (tertiary/aromatic N) is 3. The smallest absolute Gasteiger partial charge is 0.227 e. The fourth-order valence-electron chi connectivity index (χ4n) is 4.68. The Morgan fingerprint density at radius 2 is 1.87 bits per heavy atom. The van der Waals surface area contributed by atoms with Crippen LogP contribution in [0.25, 0.3) is 45.1 Å². The zero-order valence-electron chi connectivity index (χ0n) is 21.2. The number of benzene rings is 2. The summed E-state index contributed by atoms with van der Waals surface area (Å²) in [5, 5.41) is 21.7. The van der Waals surface area contributed by atoms with Crippen molar-refractivity contribution in [2.45, 2.75) is 13.5 Å². The number of rotatable bonds is 6. The molecule has 0 spiro atoms. The fourth-order valence-corrected chi connectivity index (χ4v) is 4.68. The number of methoxy groups -OCH3 is 1. The number of aromatic nitrogens is 4. The van der Waals surface area contributed by atoms with Crippen molar-refractivity contribution in [3.8, 4) is 51.3 Å². The number of hydrogen-bond acceptors (Lipinski definition) is 7. The second kappa shape index (κ2) is 9.53. The van der Waals surface area contributed by atoms with Crippen molar-refractivity contribution in [3.63, 3.8) is 0 Å². The van der Waals surface area contributed by atoms with E-state index in [0.717, 1.165) is 22.2 Å². The lowest BCUT2D eigenvalue weighted by atomic mass is 10.1. The van der Waals surface area contributed by atoms with Gasteiger partial charge in [0.05, 0.1) is 7.11 Å². The van der Waals surface area contributed by atoms with Crippen LogP contribution in [0.3, 0.4) is 0 Å². The topological polar surface area (TPSA) is 126 Å². The summed E-state index contributed by atoms with van der Waals surface area (Å²) in [5.41, 5.74) is 3.41. The first-order chi connectivity index (χ1) is 18.9. The summed E-state index contributed by atoms with van der Waals surface area (Å²) in [4.78, 5) is 25.2. The second-order valence-corrected chi connectivity index (χ2v) is 9.13. The van der Waals surface area contributed by atoms with Gasteiger partial charge in [0.1, 0.15) is 28.6 Å².